The first-order valence-corrected chi connectivity index (χ1v) is 6.02. The van der Waals surface area contributed by atoms with Crippen LogP contribution >= 0.6 is 0 Å². The summed E-state index contributed by atoms with van der Waals surface area (Å²) >= 11 is 0. The molecule has 1 nitrogen and oxygen atoms in total. The first-order valence-electron chi connectivity index (χ1n) is 6.02. The van der Waals surface area contributed by atoms with Gasteiger partial charge in [0.1, 0.15) is 0 Å². The van der Waals surface area contributed by atoms with Gasteiger partial charge < -0.3 is 0 Å². The molecule has 0 heterocycles. The minimum Gasteiger partial charge on any atom is -0.293 e. The lowest BCUT2D eigenvalue weighted by Gasteiger charge is -2.04. The second-order valence-corrected chi connectivity index (χ2v) is 4.03. The Morgan fingerprint density at radius 1 is 1.20 bits per heavy atom. The van der Waals surface area contributed by atoms with Crippen LogP contribution in [-0.4, -0.2) is 12.8 Å². The number of hydrogen-bond acceptors (Lipinski definition) is 1. The highest BCUT2D eigenvalue weighted by Gasteiger charge is 1.96. The molecule has 0 aliphatic carbocycles. The van der Waals surface area contributed by atoms with Crippen LogP contribution in [-0.2, 0) is 0 Å². The molecule has 15 heavy (non-hydrogen) atoms. The summed E-state index contributed by atoms with van der Waals surface area (Å²) in [7, 11) is 0. The highest BCUT2D eigenvalue weighted by atomic mass is 14.7. The summed E-state index contributed by atoms with van der Waals surface area (Å²) in [5.74, 6) is 0.734. The second-order valence-electron chi connectivity index (χ2n) is 4.03. The molecule has 0 bridgehead atoms. The van der Waals surface area contributed by atoms with Gasteiger partial charge in [-0.3, -0.25) is 4.99 Å². The molecule has 1 unspecified atom stereocenters. The van der Waals surface area contributed by atoms with Gasteiger partial charge >= 0.3 is 0 Å². The van der Waals surface area contributed by atoms with Gasteiger partial charge in [0, 0.05) is 12.8 Å². The van der Waals surface area contributed by atoms with Crippen LogP contribution in [0.3, 0.4) is 0 Å². The average Bonchev–Trinajstić information content (AvgIpc) is 2.24. The maximum absolute atomic E-state index is 4.22. The van der Waals surface area contributed by atoms with Crippen molar-refractivity contribution >= 4 is 6.21 Å². The van der Waals surface area contributed by atoms with Crippen LogP contribution in [0.25, 0.3) is 0 Å². The van der Waals surface area contributed by atoms with Gasteiger partial charge in [-0.15, -0.1) is 0 Å². The Kier molecular flexibility index (Phi) is 9.15. The molecule has 1 heteroatoms. The molecule has 0 saturated carbocycles. The minimum absolute atomic E-state index is 0.734. The lowest BCUT2D eigenvalue weighted by atomic mass is 10.0. The molecule has 0 saturated heterocycles. The maximum Gasteiger partial charge on any atom is 0.0361 e. The Morgan fingerprint density at radius 2 is 1.93 bits per heavy atom. The van der Waals surface area contributed by atoms with Crippen molar-refractivity contribution in [2.24, 2.45) is 10.9 Å². The minimum atomic E-state index is 0.734. The van der Waals surface area contributed by atoms with Crippen molar-refractivity contribution in [1.82, 2.24) is 0 Å². The van der Waals surface area contributed by atoms with Crippen molar-refractivity contribution in [2.75, 3.05) is 6.54 Å². The van der Waals surface area contributed by atoms with Gasteiger partial charge in [-0.25, -0.2) is 0 Å². The van der Waals surface area contributed by atoms with Crippen LogP contribution in [0.15, 0.2) is 28.8 Å². The van der Waals surface area contributed by atoms with Crippen molar-refractivity contribution in [3.05, 3.63) is 23.8 Å². The summed E-state index contributed by atoms with van der Waals surface area (Å²) in [5.41, 5.74) is 1.28. The van der Waals surface area contributed by atoms with E-state index in [2.05, 4.69) is 50.9 Å². The molecule has 0 aromatic rings. The third-order valence-electron chi connectivity index (χ3n) is 2.26. The van der Waals surface area contributed by atoms with E-state index in [9.17, 15) is 0 Å². The Labute approximate surface area is 95.0 Å². The summed E-state index contributed by atoms with van der Waals surface area (Å²) < 4.78 is 0. The van der Waals surface area contributed by atoms with Crippen LogP contribution in [0.1, 0.15) is 47.0 Å². The zero-order valence-corrected chi connectivity index (χ0v) is 10.7. The van der Waals surface area contributed by atoms with E-state index < -0.39 is 0 Å². The number of allylic oxidation sites excluding steroid dienone is 4. The number of nitrogens with zero attached hydrogens (tertiary/aromatic N) is 1. The number of aliphatic imine (C=N–C) groups is 1. The van der Waals surface area contributed by atoms with Crippen LogP contribution in [0.2, 0.25) is 0 Å². The predicted octanol–water partition coefficient (Wildman–Crippen LogP) is 4.41. The van der Waals surface area contributed by atoms with Crippen LogP contribution in [0.4, 0.5) is 0 Å². The molecule has 0 aromatic carbocycles. The Balaban J connectivity index is 3.81. The molecule has 0 rings (SSSR count). The quantitative estimate of drug-likeness (QED) is 0.433. The summed E-state index contributed by atoms with van der Waals surface area (Å²) in [6.07, 6.45) is 12.3. The van der Waals surface area contributed by atoms with Crippen LogP contribution in [0.5, 0.6) is 0 Å². The summed E-state index contributed by atoms with van der Waals surface area (Å²) in [4.78, 5) is 4.22. The van der Waals surface area contributed by atoms with E-state index in [1.165, 1.54) is 12.0 Å². The molecule has 0 aliphatic heterocycles. The van der Waals surface area contributed by atoms with Gasteiger partial charge in [-0.05, 0) is 44.6 Å². The van der Waals surface area contributed by atoms with E-state index >= 15 is 0 Å². The Bertz CT molecular complexity index is 223. The smallest absolute Gasteiger partial charge is 0.0361 e. The van der Waals surface area contributed by atoms with Gasteiger partial charge in [0.2, 0.25) is 0 Å². The van der Waals surface area contributed by atoms with Crippen LogP contribution < -0.4 is 0 Å². The fourth-order valence-electron chi connectivity index (χ4n) is 1.27. The van der Waals surface area contributed by atoms with E-state index in [0.29, 0.717) is 0 Å². The zero-order chi connectivity index (χ0) is 11.5. The fourth-order valence-corrected chi connectivity index (χ4v) is 1.27. The van der Waals surface area contributed by atoms with Gasteiger partial charge in [-0.1, -0.05) is 32.1 Å². The molecule has 0 fully saturated rings. The number of rotatable bonds is 7. The highest BCUT2D eigenvalue weighted by Crippen LogP contribution is 2.10. The first-order chi connectivity index (χ1) is 7.20. The van der Waals surface area contributed by atoms with Crippen molar-refractivity contribution in [3.8, 4) is 0 Å². The Hall–Kier alpha value is -0.850. The third kappa shape index (κ3) is 9.45. The van der Waals surface area contributed by atoms with Gasteiger partial charge in [0.25, 0.3) is 0 Å². The summed E-state index contributed by atoms with van der Waals surface area (Å²) in [6, 6.07) is 0. The molecule has 0 radical (unpaired) electrons. The fraction of sp³-hybridized carbons (Fsp3) is 0.643. The van der Waals surface area contributed by atoms with Gasteiger partial charge in [0.05, 0.1) is 0 Å². The van der Waals surface area contributed by atoms with Gasteiger partial charge in [0.15, 0.2) is 0 Å². The topological polar surface area (TPSA) is 12.4 Å². The van der Waals surface area contributed by atoms with E-state index in [1.54, 1.807) is 0 Å². The zero-order valence-electron chi connectivity index (χ0n) is 10.7. The third-order valence-corrected chi connectivity index (χ3v) is 2.26. The van der Waals surface area contributed by atoms with Crippen molar-refractivity contribution in [2.45, 2.75) is 47.0 Å². The molecule has 0 N–H and O–H groups in total. The molecule has 1 atom stereocenters. The standard InChI is InChI=1S/C14H25N/c1-5-7-8-9-13(3)10-11-14(4)12-15-6-2/h7-8,11-13H,5-6,9-10H2,1-4H3/b8-7+,14-11-,15-12+. The van der Waals surface area contributed by atoms with E-state index in [-0.39, 0.29) is 0 Å². The maximum atomic E-state index is 4.22. The summed E-state index contributed by atoms with van der Waals surface area (Å²) in [5, 5.41) is 0. The first kappa shape index (κ1) is 14.2. The highest BCUT2D eigenvalue weighted by molar-refractivity contribution is 5.77. The van der Waals surface area contributed by atoms with Gasteiger partial charge in [-0.2, -0.15) is 0 Å². The predicted molar refractivity (Wildman–Crippen MR) is 70.6 cm³/mol. The number of hydrogen-bond donors (Lipinski definition) is 0. The van der Waals surface area contributed by atoms with Crippen molar-refractivity contribution in [3.63, 3.8) is 0 Å². The monoisotopic (exact) mass is 207 g/mol. The Morgan fingerprint density at radius 3 is 2.53 bits per heavy atom. The van der Waals surface area contributed by atoms with E-state index in [0.717, 1.165) is 25.3 Å². The van der Waals surface area contributed by atoms with E-state index in [4.69, 9.17) is 0 Å². The SMILES string of the molecule is CC/C=C/CC(C)C/C=C(C)\C=N\CC. The molecule has 0 spiro atoms. The molecule has 0 aromatic heterocycles. The molecule has 86 valence electrons. The molecule has 0 amide bonds. The summed E-state index contributed by atoms with van der Waals surface area (Å²) in [6.45, 7) is 9.52. The molecule has 0 aliphatic rings. The lowest BCUT2D eigenvalue weighted by Crippen LogP contribution is -1.91. The normalized spacial score (nSPS) is 15.3. The van der Waals surface area contributed by atoms with Crippen LogP contribution in [0, 0.1) is 5.92 Å². The van der Waals surface area contributed by atoms with Crippen molar-refractivity contribution in [1.29, 1.82) is 0 Å². The average molecular weight is 207 g/mol. The second kappa shape index (κ2) is 9.70. The molecular formula is C14H25N. The van der Waals surface area contributed by atoms with Crippen molar-refractivity contribution < 1.29 is 0 Å². The lowest BCUT2D eigenvalue weighted by molar-refractivity contribution is 0.601. The largest absolute Gasteiger partial charge is 0.293 e. The molecular weight excluding hydrogens is 182 g/mol. The van der Waals surface area contributed by atoms with E-state index in [1.807, 2.05) is 6.21 Å².